The number of pyridine rings is 1. The Morgan fingerprint density at radius 1 is 1.37 bits per heavy atom. The minimum absolute atomic E-state index is 0.210. The summed E-state index contributed by atoms with van der Waals surface area (Å²) in [5.41, 5.74) is 4.50. The first-order valence-corrected chi connectivity index (χ1v) is 10.8. The van der Waals surface area contributed by atoms with Gasteiger partial charge in [-0.3, -0.25) is 9.98 Å². The van der Waals surface area contributed by atoms with E-state index >= 15 is 0 Å². The molecule has 0 saturated heterocycles. The lowest BCUT2D eigenvalue weighted by Crippen LogP contribution is -2.34. The van der Waals surface area contributed by atoms with Crippen molar-refractivity contribution in [3.63, 3.8) is 0 Å². The van der Waals surface area contributed by atoms with E-state index in [0.29, 0.717) is 17.5 Å². The zero-order chi connectivity index (χ0) is 21.9. The van der Waals surface area contributed by atoms with Crippen LogP contribution in [-0.2, 0) is 0 Å². The van der Waals surface area contributed by atoms with Crippen LogP contribution in [0, 0.1) is 0 Å². The molecule has 2 aromatic rings. The second kappa shape index (κ2) is 12.0. The van der Waals surface area contributed by atoms with Crippen molar-refractivity contribution < 1.29 is 4.79 Å². The number of urea groups is 1. The largest absolute Gasteiger partial charge is 0.338 e. The molecule has 0 aliphatic rings. The lowest BCUT2D eigenvalue weighted by Gasteiger charge is -2.16. The van der Waals surface area contributed by atoms with Gasteiger partial charge in [0.1, 0.15) is 0 Å². The summed E-state index contributed by atoms with van der Waals surface area (Å²) >= 11 is 7.66. The summed E-state index contributed by atoms with van der Waals surface area (Å²) < 4.78 is 0. The number of allylic oxidation sites excluding steroid dienone is 5. The smallest absolute Gasteiger partial charge is 0.315 e. The van der Waals surface area contributed by atoms with Crippen LogP contribution in [0.25, 0.3) is 16.7 Å². The van der Waals surface area contributed by atoms with Crippen LogP contribution in [0.3, 0.4) is 0 Å². The third kappa shape index (κ3) is 6.34. The molecular formula is C23H25ClN4OS. The van der Waals surface area contributed by atoms with E-state index in [9.17, 15) is 4.79 Å². The Labute approximate surface area is 187 Å². The third-order valence-electron chi connectivity index (χ3n) is 4.13. The molecule has 0 spiro atoms. The minimum Gasteiger partial charge on any atom is -0.338 e. The molecule has 0 saturated carbocycles. The van der Waals surface area contributed by atoms with Gasteiger partial charge in [0.25, 0.3) is 0 Å². The molecule has 0 radical (unpaired) electrons. The standard InChI is InChI=1S/C23H25ClN4OS/c1-5-16(11-19(24)6-2)18-12-20(17-9-8-10-26-14-17)22(21(13-18)25-4)30-15-28-23(29)27-7-3/h5-6,8-14H,2,4,7,15H2,1,3H3,(H2,27,28,29)/b16-5+,19-11+. The highest BCUT2D eigenvalue weighted by molar-refractivity contribution is 7.99. The van der Waals surface area contributed by atoms with E-state index in [0.717, 1.165) is 32.8 Å². The van der Waals surface area contributed by atoms with Gasteiger partial charge >= 0.3 is 6.03 Å². The zero-order valence-corrected chi connectivity index (χ0v) is 18.7. The molecule has 0 atom stereocenters. The van der Waals surface area contributed by atoms with Crippen molar-refractivity contribution >= 4 is 47.4 Å². The Morgan fingerprint density at radius 3 is 2.77 bits per heavy atom. The Hall–Kier alpha value is -2.83. The first-order valence-electron chi connectivity index (χ1n) is 9.40. The molecule has 2 rings (SSSR count). The second-order valence-corrected chi connectivity index (χ2v) is 7.50. The first-order chi connectivity index (χ1) is 14.5. The van der Waals surface area contributed by atoms with Gasteiger partial charge in [0.15, 0.2) is 0 Å². The number of halogens is 1. The molecule has 5 nitrogen and oxygen atoms in total. The Kier molecular flexibility index (Phi) is 9.38. The number of nitrogens with one attached hydrogen (secondary N) is 2. The van der Waals surface area contributed by atoms with Gasteiger partial charge in [-0.2, -0.15) is 0 Å². The molecule has 1 aromatic carbocycles. The number of carbonyl (C=O) groups excluding carboxylic acids is 1. The van der Waals surface area contributed by atoms with Crippen LogP contribution in [-0.4, -0.2) is 30.2 Å². The van der Waals surface area contributed by atoms with E-state index < -0.39 is 0 Å². The number of thioether (sulfide) groups is 1. The lowest BCUT2D eigenvalue weighted by atomic mass is 9.98. The molecule has 0 fully saturated rings. The van der Waals surface area contributed by atoms with E-state index in [1.54, 1.807) is 18.5 Å². The van der Waals surface area contributed by atoms with Crippen molar-refractivity contribution in [2.45, 2.75) is 18.7 Å². The highest BCUT2D eigenvalue weighted by Crippen LogP contribution is 2.41. The van der Waals surface area contributed by atoms with Gasteiger partial charge in [0.05, 0.1) is 11.6 Å². The van der Waals surface area contributed by atoms with Gasteiger partial charge in [0.2, 0.25) is 0 Å². The molecule has 1 heterocycles. The maximum atomic E-state index is 11.7. The fourth-order valence-corrected chi connectivity index (χ4v) is 3.79. The molecule has 156 valence electrons. The van der Waals surface area contributed by atoms with Crippen LogP contribution >= 0.6 is 23.4 Å². The quantitative estimate of drug-likeness (QED) is 0.212. The average Bonchev–Trinajstić information content (AvgIpc) is 2.77. The fraction of sp³-hybridized carbons (Fsp3) is 0.174. The topological polar surface area (TPSA) is 66.4 Å². The number of amides is 2. The molecule has 30 heavy (non-hydrogen) atoms. The molecule has 7 heteroatoms. The maximum absolute atomic E-state index is 11.7. The van der Waals surface area contributed by atoms with Gasteiger partial charge in [0, 0.05) is 34.4 Å². The molecule has 0 aliphatic carbocycles. The van der Waals surface area contributed by atoms with Crippen molar-refractivity contribution in [2.75, 3.05) is 12.4 Å². The van der Waals surface area contributed by atoms with Crippen molar-refractivity contribution in [3.8, 4) is 11.1 Å². The Morgan fingerprint density at radius 2 is 2.17 bits per heavy atom. The van der Waals surface area contributed by atoms with Gasteiger partial charge in [-0.05, 0) is 61.5 Å². The number of rotatable bonds is 9. The third-order valence-corrected chi connectivity index (χ3v) is 5.40. The van der Waals surface area contributed by atoms with Crippen LogP contribution in [0.2, 0.25) is 0 Å². The Balaban J connectivity index is 2.54. The highest BCUT2D eigenvalue weighted by Gasteiger charge is 2.15. The average molecular weight is 441 g/mol. The summed E-state index contributed by atoms with van der Waals surface area (Å²) in [6, 6.07) is 7.69. The number of benzene rings is 1. The van der Waals surface area contributed by atoms with Crippen molar-refractivity contribution in [3.05, 3.63) is 72.1 Å². The van der Waals surface area contributed by atoms with E-state index in [4.69, 9.17) is 11.6 Å². The van der Waals surface area contributed by atoms with Gasteiger partial charge in [-0.15, -0.1) is 11.8 Å². The molecule has 0 unspecified atom stereocenters. The number of aromatic nitrogens is 1. The molecule has 2 N–H and O–H groups in total. The summed E-state index contributed by atoms with van der Waals surface area (Å²) in [6.07, 6.45) is 8.96. The van der Waals surface area contributed by atoms with Crippen molar-refractivity contribution in [2.24, 2.45) is 4.99 Å². The number of nitrogens with zero attached hydrogens (tertiary/aromatic N) is 2. The predicted molar refractivity (Wildman–Crippen MR) is 130 cm³/mol. The second-order valence-electron chi connectivity index (χ2n) is 6.07. The zero-order valence-electron chi connectivity index (χ0n) is 17.1. The van der Waals surface area contributed by atoms with Crippen LogP contribution in [0.4, 0.5) is 10.5 Å². The van der Waals surface area contributed by atoms with Gasteiger partial charge in [-0.25, -0.2) is 4.79 Å². The lowest BCUT2D eigenvalue weighted by molar-refractivity contribution is 0.243. The number of aliphatic imine (C=N–C) groups is 1. The number of carbonyl (C=O) groups is 1. The van der Waals surface area contributed by atoms with Crippen LogP contribution in [0.1, 0.15) is 19.4 Å². The summed E-state index contributed by atoms with van der Waals surface area (Å²) in [6.45, 7) is 11.8. The summed E-state index contributed by atoms with van der Waals surface area (Å²) in [5, 5.41) is 6.09. The molecule has 0 aliphatic heterocycles. The maximum Gasteiger partial charge on any atom is 0.315 e. The fourth-order valence-electron chi connectivity index (χ4n) is 2.72. The first kappa shape index (κ1) is 23.4. The van der Waals surface area contributed by atoms with Crippen LogP contribution in [0.15, 0.2) is 76.4 Å². The summed E-state index contributed by atoms with van der Waals surface area (Å²) in [7, 11) is 0. The SMILES string of the molecule is C=C/C(Cl)=C\C(=C/C)c1cc(N=C)c(SCNC(=O)NCC)c(-c2cccnc2)c1. The van der Waals surface area contributed by atoms with E-state index in [1.807, 2.05) is 44.2 Å². The van der Waals surface area contributed by atoms with Crippen molar-refractivity contribution in [1.82, 2.24) is 15.6 Å². The van der Waals surface area contributed by atoms with Crippen molar-refractivity contribution in [1.29, 1.82) is 0 Å². The normalized spacial score (nSPS) is 11.7. The predicted octanol–water partition coefficient (Wildman–Crippen LogP) is 6.16. The van der Waals surface area contributed by atoms with Gasteiger partial charge in [-0.1, -0.05) is 36.4 Å². The van der Waals surface area contributed by atoms with E-state index in [-0.39, 0.29) is 6.03 Å². The molecular weight excluding hydrogens is 416 g/mol. The number of hydrogen-bond acceptors (Lipinski definition) is 4. The van der Waals surface area contributed by atoms with Crippen LogP contribution < -0.4 is 10.6 Å². The molecule has 1 aromatic heterocycles. The molecule has 0 bridgehead atoms. The van der Waals surface area contributed by atoms with Crippen LogP contribution in [0.5, 0.6) is 0 Å². The van der Waals surface area contributed by atoms with E-state index in [2.05, 4.69) is 40.0 Å². The van der Waals surface area contributed by atoms with Gasteiger partial charge < -0.3 is 10.6 Å². The summed E-state index contributed by atoms with van der Waals surface area (Å²) in [4.78, 5) is 21.1. The Bertz CT molecular complexity index is 971. The molecule has 2 amide bonds. The minimum atomic E-state index is -0.210. The summed E-state index contributed by atoms with van der Waals surface area (Å²) in [5.74, 6) is 0.389. The van der Waals surface area contributed by atoms with E-state index in [1.165, 1.54) is 11.8 Å². The number of hydrogen-bond donors (Lipinski definition) is 2. The monoisotopic (exact) mass is 440 g/mol. The highest BCUT2D eigenvalue weighted by atomic mass is 35.5.